The van der Waals surface area contributed by atoms with Crippen LogP contribution in [-0.2, 0) is 9.59 Å². The van der Waals surface area contributed by atoms with Crippen LogP contribution in [0.2, 0.25) is 0 Å². The third-order valence-electron chi connectivity index (χ3n) is 9.82. The Morgan fingerprint density at radius 3 is 2.39 bits per heavy atom. The number of nitrogens with one attached hydrogen (secondary N) is 4. The van der Waals surface area contributed by atoms with E-state index in [0.29, 0.717) is 12.3 Å². The van der Waals surface area contributed by atoms with Gasteiger partial charge in [0, 0.05) is 24.2 Å². The molecule has 1 spiro atoms. The molecule has 2 aromatic rings. The number of amides is 3. The first-order valence-electron chi connectivity index (χ1n) is 16.7. The Morgan fingerprint density at radius 2 is 1.73 bits per heavy atom. The first kappa shape index (κ1) is 32.2. The van der Waals surface area contributed by atoms with Crippen LogP contribution in [0.15, 0.2) is 40.9 Å². The smallest absolute Gasteiger partial charge is 0.274 e. The fourth-order valence-corrected chi connectivity index (χ4v) is 7.33. The van der Waals surface area contributed by atoms with E-state index in [9.17, 15) is 14.4 Å². The molecule has 44 heavy (non-hydrogen) atoms. The second kappa shape index (κ2) is 14.7. The van der Waals surface area contributed by atoms with Gasteiger partial charge in [-0.1, -0.05) is 74.0 Å². The molecule has 1 aliphatic carbocycles. The molecule has 10 nitrogen and oxygen atoms in total. The van der Waals surface area contributed by atoms with Crippen LogP contribution in [0.25, 0.3) is 0 Å². The van der Waals surface area contributed by atoms with Crippen LogP contribution < -0.4 is 21.3 Å². The summed E-state index contributed by atoms with van der Waals surface area (Å²) in [7, 11) is 0. The van der Waals surface area contributed by atoms with Crippen LogP contribution in [0.5, 0.6) is 0 Å². The van der Waals surface area contributed by atoms with Crippen LogP contribution in [0.4, 0.5) is 0 Å². The molecule has 1 aromatic carbocycles. The number of aryl methyl sites for hydroxylation is 1. The quantitative estimate of drug-likeness (QED) is 0.348. The number of likely N-dealkylation sites (tertiary alicyclic amines) is 1. The molecule has 1 aromatic heterocycles. The lowest BCUT2D eigenvalue weighted by molar-refractivity contribution is -0.137. The maximum absolute atomic E-state index is 13.9. The minimum atomic E-state index is -1.05. The van der Waals surface area contributed by atoms with Crippen molar-refractivity contribution in [1.29, 1.82) is 0 Å². The monoisotopic (exact) mass is 606 g/mol. The minimum Gasteiger partial charge on any atom is -0.361 e. The van der Waals surface area contributed by atoms with E-state index in [4.69, 9.17) is 4.52 Å². The van der Waals surface area contributed by atoms with E-state index in [1.807, 2.05) is 24.8 Å². The summed E-state index contributed by atoms with van der Waals surface area (Å²) in [5.41, 5.74) is 1.21. The van der Waals surface area contributed by atoms with Crippen molar-refractivity contribution < 1.29 is 18.9 Å². The number of benzene rings is 1. The Kier molecular flexibility index (Phi) is 10.7. The zero-order chi connectivity index (χ0) is 31.1. The molecule has 3 amide bonds. The van der Waals surface area contributed by atoms with E-state index >= 15 is 0 Å². The zero-order valence-corrected chi connectivity index (χ0v) is 26.6. The molecule has 3 unspecified atom stereocenters. The van der Waals surface area contributed by atoms with E-state index in [1.165, 1.54) is 37.3 Å². The second-order valence-electron chi connectivity index (χ2n) is 13.2. The Hall–Kier alpha value is -3.24. The van der Waals surface area contributed by atoms with Gasteiger partial charge in [0.15, 0.2) is 5.69 Å². The van der Waals surface area contributed by atoms with Gasteiger partial charge in [-0.05, 0) is 58.4 Å². The van der Waals surface area contributed by atoms with Gasteiger partial charge in [0.1, 0.15) is 11.8 Å². The molecule has 2 aliphatic heterocycles. The van der Waals surface area contributed by atoms with E-state index in [1.54, 1.807) is 6.92 Å². The Bertz CT molecular complexity index is 1260. The summed E-state index contributed by atoms with van der Waals surface area (Å²) in [6.45, 7) is 6.39. The molecular formula is C34H50N6O4. The number of carbonyl (C=O) groups excluding carboxylic acids is 3. The number of rotatable bonds is 8. The van der Waals surface area contributed by atoms with Crippen molar-refractivity contribution in [3.8, 4) is 0 Å². The molecule has 5 atom stereocenters. The third-order valence-corrected chi connectivity index (χ3v) is 9.82. The minimum absolute atomic E-state index is 0.0825. The van der Waals surface area contributed by atoms with Gasteiger partial charge in [0.05, 0.1) is 24.7 Å². The molecule has 0 radical (unpaired) electrons. The van der Waals surface area contributed by atoms with Crippen LogP contribution in [0.1, 0.15) is 119 Å². The average molecular weight is 607 g/mol. The van der Waals surface area contributed by atoms with E-state index in [0.717, 1.165) is 44.9 Å². The Morgan fingerprint density at radius 1 is 1.02 bits per heavy atom. The van der Waals surface area contributed by atoms with Gasteiger partial charge in [-0.25, -0.2) is 0 Å². The van der Waals surface area contributed by atoms with Crippen LogP contribution in [0.3, 0.4) is 0 Å². The standard InChI is InChI=1S/C34H50N6O4/c1-23-15-11-14-20-40(23)29(41)22-27(36-33(43)28-21-24(2)44-39-28)32(42)35-25(3)31-37-30(26-16-9-8-10-17-26)34(38-31)18-12-6-4-5-7-13-19-34/h8-10,16-17,21,23,25,27,30-31,37-38H,4-7,11-15,18-20,22H2,1-3H3,(H,35,42)(H,36,43)/t23?,25-,27-,30?,31?/m0/s1. The zero-order valence-electron chi connectivity index (χ0n) is 26.6. The molecule has 3 aliphatic rings. The lowest BCUT2D eigenvalue weighted by Crippen LogP contribution is -2.58. The normalized spacial score (nSPS) is 25.3. The fourth-order valence-electron chi connectivity index (χ4n) is 7.33. The Balaban J connectivity index is 1.32. The molecule has 4 N–H and O–H groups in total. The van der Waals surface area contributed by atoms with E-state index < -0.39 is 11.9 Å². The molecule has 10 heteroatoms. The highest BCUT2D eigenvalue weighted by Crippen LogP contribution is 2.40. The van der Waals surface area contributed by atoms with Gasteiger partial charge in [-0.3, -0.25) is 25.0 Å². The molecule has 1 saturated carbocycles. The summed E-state index contributed by atoms with van der Waals surface area (Å²) in [5.74, 6) is -0.570. The molecule has 2 saturated heterocycles. The molecule has 0 bridgehead atoms. The van der Waals surface area contributed by atoms with Crippen molar-refractivity contribution in [3.63, 3.8) is 0 Å². The molecular weight excluding hydrogens is 556 g/mol. The summed E-state index contributed by atoms with van der Waals surface area (Å²) in [4.78, 5) is 42.2. The molecule has 5 rings (SSSR count). The number of aromatic nitrogens is 1. The molecule has 3 heterocycles. The predicted octanol–water partition coefficient (Wildman–Crippen LogP) is 4.51. The highest BCUT2D eigenvalue weighted by atomic mass is 16.5. The summed E-state index contributed by atoms with van der Waals surface area (Å²) < 4.78 is 5.07. The summed E-state index contributed by atoms with van der Waals surface area (Å²) in [6, 6.07) is 11.0. The lowest BCUT2D eigenvalue weighted by Gasteiger charge is -2.36. The number of hydrogen-bond acceptors (Lipinski definition) is 7. The number of piperidine rings is 1. The second-order valence-corrected chi connectivity index (χ2v) is 13.2. The third kappa shape index (κ3) is 7.69. The maximum atomic E-state index is 13.9. The van der Waals surface area contributed by atoms with Gasteiger partial charge in [-0.15, -0.1) is 0 Å². The summed E-state index contributed by atoms with van der Waals surface area (Å²) in [6.07, 6.45) is 12.2. The Labute approximate surface area is 261 Å². The summed E-state index contributed by atoms with van der Waals surface area (Å²) in [5, 5.41) is 17.5. The van der Waals surface area contributed by atoms with Crippen molar-refractivity contribution >= 4 is 17.7 Å². The maximum Gasteiger partial charge on any atom is 0.274 e. The van der Waals surface area contributed by atoms with Gasteiger partial charge < -0.3 is 20.1 Å². The lowest BCUT2D eigenvalue weighted by atomic mass is 9.79. The van der Waals surface area contributed by atoms with Crippen molar-refractivity contribution in [1.82, 2.24) is 31.3 Å². The van der Waals surface area contributed by atoms with Crippen molar-refractivity contribution in [2.75, 3.05) is 6.54 Å². The van der Waals surface area contributed by atoms with Gasteiger partial charge in [0.2, 0.25) is 11.8 Å². The molecule has 240 valence electrons. The highest BCUT2D eigenvalue weighted by molar-refractivity contribution is 5.97. The van der Waals surface area contributed by atoms with E-state index in [-0.39, 0.29) is 53.8 Å². The SMILES string of the molecule is Cc1cc(C(=O)N[C@@H](CC(=O)N2CCCCC2C)C(=O)N[C@@H](C)C2NC(c3ccccc3)C3(CCCCCCCC3)N2)no1. The topological polar surface area (TPSA) is 129 Å². The largest absolute Gasteiger partial charge is 0.361 e. The van der Waals surface area contributed by atoms with Gasteiger partial charge in [0.25, 0.3) is 5.91 Å². The first-order chi connectivity index (χ1) is 21.3. The van der Waals surface area contributed by atoms with E-state index in [2.05, 4.69) is 50.7 Å². The number of nitrogens with zero attached hydrogens (tertiary/aromatic N) is 2. The number of hydrogen-bond donors (Lipinski definition) is 4. The van der Waals surface area contributed by atoms with Crippen LogP contribution in [0, 0.1) is 6.92 Å². The van der Waals surface area contributed by atoms with Gasteiger partial charge in [-0.2, -0.15) is 0 Å². The first-order valence-corrected chi connectivity index (χ1v) is 16.7. The predicted molar refractivity (Wildman–Crippen MR) is 169 cm³/mol. The fraction of sp³-hybridized carbons (Fsp3) is 0.647. The average Bonchev–Trinajstić information content (AvgIpc) is 3.65. The van der Waals surface area contributed by atoms with Crippen LogP contribution >= 0.6 is 0 Å². The van der Waals surface area contributed by atoms with Crippen molar-refractivity contribution in [2.24, 2.45) is 0 Å². The highest BCUT2D eigenvalue weighted by Gasteiger charge is 2.48. The van der Waals surface area contributed by atoms with Crippen molar-refractivity contribution in [2.45, 2.75) is 134 Å². The number of carbonyl (C=O) groups is 3. The van der Waals surface area contributed by atoms with Crippen LogP contribution in [-0.4, -0.2) is 64.2 Å². The van der Waals surface area contributed by atoms with Gasteiger partial charge >= 0.3 is 0 Å². The summed E-state index contributed by atoms with van der Waals surface area (Å²) >= 11 is 0. The molecule has 3 fully saturated rings. The van der Waals surface area contributed by atoms with Crippen molar-refractivity contribution in [3.05, 3.63) is 53.4 Å².